The minimum atomic E-state index is -0.262. The summed E-state index contributed by atoms with van der Waals surface area (Å²) in [6.45, 7) is 4.40. The summed E-state index contributed by atoms with van der Waals surface area (Å²) in [6.07, 6.45) is -0.217. The second-order valence-corrected chi connectivity index (χ2v) is 7.55. The van der Waals surface area contributed by atoms with E-state index >= 15 is 0 Å². The fourth-order valence-corrected chi connectivity index (χ4v) is 3.79. The Bertz CT molecular complexity index is 839. The van der Waals surface area contributed by atoms with Crippen molar-refractivity contribution in [3.63, 3.8) is 0 Å². The molecule has 0 radical (unpaired) electrons. The van der Waals surface area contributed by atoms with Crippen LogP contribution in [0.2, 0.25) is 0 Å². The van der Waals surface area contributed by atoms with Gasteiger partial charge in [-0.05, 0) is 35.4 Å². The summed E-state index contributed by atoms with van der Waals surface area (Å²) in [5.41, 5.74) is 2.11. The summed E-state index contributed by atoms with van der Waals surface area (Å²) < 4.78 is 29.7. The Labute approximate surface area is 189 Å². The van der Waals surface area contributed by atoms with E-state index in [-0.39, 0.29) is 18.0 Å². The summed E-state index contributed by atoms with van der Waals surface area (Å²) in [6, 6.07) is 14.7. The van der Waals surface area contributed by atoms with Gasteiger partial charge in [0.05, 0.1) is 32.5 Å². The van der Waals surface area contributed by atoms with E-state index in [0.717, 1.165) is 37.6 Å². The highest BCUT2D eigenvalue weighted by molar-refractivity contribution is 5.79. The number of aliphatic imine (C=N–C) groups is 1. The molecule has 7 nitrogen and oxygen atoms in total. The first-order valence-electron chi connectivity index (χ1n) is 10.8. The van der Waals surface area contributed by atoms with Crippen molar-refractivity contribution in [2.75, 3.05) is 60.7 Å². The Morgan fingerprint density at radius 2 is 1.62 bits per heavy atom. The van der Waals surface area contributed by atoms with E-state index in [1.165, 1.54) is 17.7 Å². The van der Waals surface area contributed by atoms with Gasteiger partial charge in [-0.1, -0.05) is 24.3 Å². The van der Waals surface area contributed by atoms with Crippen molar-refractivity contribution in [3.05, 3.63) is 65.5 Å². The van der Waals surface area contributed by atoms with Crippen molar-refractivity contribution in [3.8, 4) is 5.75 Å². The molecule has 3 rings (SSSR count). The fourth-order valence-electron chi connectivity index (χ4n) is 3.79. The lowest BCUT2D eigenvalue weighted by Crippen LogP contribution is -2.46. The van der Waals surface area contributed by atoms with Crippen LogP contribution in [0.4, 0.5) is 4.39 Å². The predicted octanol–water partition coefficient (Wildman–Crippen LogP) is 2.76. The van der Waals surface area contributed by atoms with Crippen molar-refractivity contribution >= 4 is 5.96 Å². The molecule has 0 amide bonds. The lowest BCUT2D eigenvalue weighted by Gasteiger charge is -2.35. The van der Waals surface area contributed by atoms with Crippen LogP contribution in [0.5, 0.6) is 5.75 Å². The van der Waals surface area contributed by atoms with E-state index in [9.17, 15) is 4.39 Å². The average molecular weight is 445 g/mol. The molecule has 2 N–H and O–H groups in total. The molecule has 0 aliphatic carbocycles. The van der Waals surface area contributed by atoms with Gasteiger partial charge in [-0.15, -0.1) is 0 Å². The van der Waals surface area contributed by atoms with Crippen molar-refractivity contribution in [1.29, 1.82) is 0 Å². The van der Waals surface area contributed by atoms with Crippen LogP contribution >= 0.6 is 0 Å². The standard InChI is InChI=1S/C24H33FN4O3/c1-26-24(28-17-23(31-3)19-4-8-20(25)9-5-19)27-16-22(29-12-14-32-15-13-29)18-6-10-21(30-2)11-7-18/h4-11,22-23H,12-17H2,1-3H3,(H2,26,27,28). The number of morpholine rings is 1. The van der Waals surface area contributed by atoms with Gasteiger partial charge in [0.25, 0.3) is 0 Å². The third kappa shape index (κ3) is 6.66. The van der Waals surface area contributed by atoms with Gasteiger partial charge >= 0.3 is 0 Å². The molecule has 2 aromatic rings. The third-order valence-electron chi connectivity index (χ3n) is 5.65. The van der Waals surface area contributed by atoms with Gasteiger partial charge in [-0.25, -0.2) is 4.39 Å². The van der Waals surface area contributed by atoms with Crippen LogP contribution in [0.25, 0.3) is 0 Å². The SMILES string of the molecule is CN=C(NCC(OC)c1ccc(F)cc1)NCC(c1ccc(OC)cc1)N1CCOCC1. The van der Waals surface area contributed by atoms with E-state index in [1.807, 2.05) is 12.1 Å². The molecule has 0 bridgehead atoms. The number of rotatable bonds is 9. The van der Waals surface area contributed by atoms with Crippen LogP contribution in [0.3, 0.4) is 0 Å². The van der Waals surface area contributed by atoms with Gasteiger partial charge in [0, 0.05) is 40.3 Å². The number of guanidine groups is 1. The Kier molecular flexibility index (Phi) is 9.27. The molecule has 0 aromatic heterocycles. The first-order chi connectivity index (χ1) is 15.6. The average Bonchev–Trinajstić information content (AvgIpc) is 2.85. The number of ether oxygens (including phenoxy) is 3. The van der Waals surface area contributed by atoms with Crippen molar-refractivity contribution < 1.29 is 18.6 Å². The monoisotopic (exact) mass is 444 g/mol. The zero-order valence-electron chi connectivity index (χ0n) is 19.0. The first kappa shape index (κ1) is 24.0. The van der Waals surface area contributed by atoms with Gasteiger partial charge in [0.2, 0.25) is 0 Å². The summed E-state index contributed by atoms with van der Waals surface area (Å²) in [4.78, 5) is 6.77. The topological polar surface area (TPSA) is 67.4 Å². The van der Waals surface area contributed by atoms with Gasteiger partial charge < -0.3 is 24.8 Å². The molecular weight excluding hydrogens is 411 g/mol. The summed E-state index contributed by atoms with van der Waals surface area (Å²) in [5.74, 6) is 1.26. The van der Waals surface area contributed by atoms with Crippen molar-refractivity contribution in [2.24, 2.45) is 4.99 Å². The summed E-state index contributed by atoms with van der Waals surface area (Å²) >= 11 is 0. The number of nitrogens with one attached hydrogen (secondary N) is 2. The molecule has 2 atom stereocenters. The molecule has 174 valence electrons. The number of hydrogen-bond acceptors (Lipinski definition) is 5. The molecule has 1 aliphatic heterocycles. The highest BCUT2D eigenvalue weighted by Gasteiger charge is 2.23. The number of hydrogen-bond donors (Lipinski definition) is 2. The predicted molar refractivity (Wildman–Crippen MR) is 124 cm³/mol. The van der Waals surface area contributed by atoms with Crippen LogP contribution in [0.1, 0.15) is 23.3 Å². The number of methoxy groups -OCH3 is 2. The van der Waals surface area contributed by atoms with Crippen molar-refractivity contribution in [1.82, 2.24) is 15.5 Å². The van der Waals surface area contributed by atoms with Crippen molar-refractivity contribution in [2.45, 2.75) is 12.1 Å². The van der Waals surface area contributed by atoms with Gasteiger partial charge in [-0.3, -0.25) is 9.89 Å². The van der Waals surface area contributed by atoms with E-state index in [2.05, 4.69) is 32.7 Å². The van der Waals surface area contributed by atoms with Gasteiger partial charge in [0.1, 0.15) is 11.6 Å². The Morgan fingerprint density at radius 3 is 2.22 bits per heavy atom. The molecule has 32 heavy (non-hydrogen) atoms. The molecular formula is C24H33FN4O3. The number of benzene rings is 2. The molecule has 1 heterocycles. The Morgan fingerprint density at radius 1 is 1.00 bits per heavy atom. The smallest absolute Gasteiger partial charge is 0.191 e. The van der Waals surface area contributed by atoms with E-state index in [4.69, 9.17) is 14.2 Å². The van der Waals surface area contributed by atoms with E-state index < -0.39 is 0 Å². The highest BCUT2D eigenvalue weighted by Crippen LogP contribution is 2.23. The molecule has 2 unspecified atom stereocenters. The fraction of sp³-hybridized carbons (Fsp3) is 0.458. The molecule has 1 saturated heterocycles. The minimum Gasteiger partial charge on any atom is -0.497 e. The van der Waals surface area contributed by atoms with Crippen LogP contribution in [-0.2, 0) is 9.47 Å². The maximum Gasteiger partial charge on any atom is 0.191 e. The van der Waals surface area contributed by atoms with E-state index in [1.54, 1.807) is 33.4 Å². The lowest BCUT2D eigenvalue weighted by atomic mass is 10.0. The number of nitrogens with zero attached hydrogens (tertiary/aromatic N) is 2. The molecule has 0 saturated carbocycles. The maximum absolute atomic E-state index is 13.2. The molecule has 8 heteroatoms. The summed E-state index contributed by atoms with van der Waals surface area (Å²) in [7, 11) is 5.06. The normalized spacial score (nSPS) is 16.9. The minimum absolute atomic E-state index is 0.165. The van der Waals surface area contributed by atoms with Gasteiger partial charge in [0.15, 0.2) is 5.96 Å². The molecule has 1 aliphatic rings. The highest BCUT2D eigenvalue weighted by atomic mass is 19.1. The third-order valence-corrected chi connectivity index (χ3v) is 5.65. The molecule has 0 spiro atoms. The van der Waals surface area contributed by atoms with Crippen LogP contribution < -0.4 is 15.4 Å². The quantitative estimate of drug-likeness (QED) is 0.458. The second kappa shape index (κ2) is 12.4. The van der Waals surface area contributed by atoms with Crippen LogP contribution in [-0.4, -0.2) is 71.5 Å². The molecule has 1 fully saturated rings. The largest absolute Gasteiger partial charge is 0.497 e. The Balaban J connectivity index is 1.62. The van der Waals surface area contributed by atoms with E-state index in [0.29, 0.717) is 19.0 Å². The zero-order chi connectivity index (χ0) is 22.8. The summed E-state index contributed by atoms with van der Waals surface area (Å²) in [5, 5.41) is 6.76. The first-order valence-corrected chi connectivity index (χ1v) is 10.8. The Hall–Kier alpha value is -2.68. The van der Waals surface area contributed by atoms with Crippen LogP contribution in [0, 0.1) is 5.82 Å². The molecule has 2 aromatic carbocycles. The lowest BCUT2D eigenvalue weighted by molar-refractivity contribution is 0.0169. The maximum atomic E-state index is 13.2. The number of halogens is 1. The van der Waals surface area contributed by atoms with Gasteiger partial charge in [-0.2, -0.15) is 0 Å². The second-order valence-electron chi connectivity index (χ2n) is 7.55. The van der Waals surface area contributed by atoms with Crippen LogP contribution in [0.15, 0.2) is 53.5 Å². The zero-order valence-corrected chi connectivity index (χ0v) is 19.0.